The Balaban J connectivity index is 2.33. The average molecular weight is 228 g/mol. The zero-order chi connectivity index (χ0) is 12.0. The van der Waals surface area contributed by atoms with Crippen molar-refractivity contribution in [1.29, 1.82) is 0 Å². The molecule has 0 aromatic heterocycles. The Morgan fingerprint density at radius 2 is 2.31 bits per heavy atom. The van der Waals surface area contributed by atoms with Gasteiger partial charge in [0.05, 0.1) is 0 Å². The maximum atomic E-state index is 11.9. The minimum atomic E-state index is 0.252. The van der Waals surface area contributed by atoms with Gasteiger partial charge in [-0.3, -0.25) is 4.79 Å². The number of carbonyl (C=O) groups excluding carboxylic acids is 1. The summed E-state index contributed by atoms with van der Waals surface area (Å²) in [4.78, 5) is 13.8. The number of methoxy groups -OCH3 is 1. The summed E-state index contributed by atoms with van der Waals surface area (Å²) in [5.41, 5.74) is 6.02. The van der Waals surface area contributed by atoms with E-state index in [2.05, 4.69) is 6.92 Å². The highest BCUT2D eigenvalue weighted by molar-refractivity contribution is 5.76. The number of nitrogens with zero attached hydrogens (tertiary/aromatic N) is 1. The number of carbonyl (C=O) groups is 1. The van der Waals surface area contributed by atoms with Gasteiger partial charge in [0.2, 0.25) is 5.91 Å². The molecule has 1 aliphatic heterocycles. The van der Waals surface area contributed by atoms with Gasteiger partial charge >= 0.3 is 0 Å². The number of rotatable bonds is 5. The van der Waals surface area contributed by atoms with E-state index in [9.17, 15) is 4.79 Å². The summed E-state index contributed by atoms with van der Waals surface area (Å²) >= 11 is 0. The van der Waals surface area contributed by atoms with Crippen LogP contribution in [0.2, 0.25) is 0 Å². The molecule has 2 N–H and O–H groups in total. The molecular formula is C12H24N2O2. The molecule has 0 spiro atoms. The van der Waals surface area contributed by atoms with E-state index in [1.165, 1.54) is 0 Å². The van der Waals surface area contributed by atoms with Crippen molar-refractivity contribution >= 4 is 5.91 Å². The van der Waals surface area contributed by atoms with Crippen LogP contribution in [0.4, 0.5) is 0 Å². The largest absolute Gasteiger partial charge is 0.385 e. The van der Waals surface area contributed by atoms with Gasteiger partial charge in [0.1, 0.15) is 0 Å². The summed E-state index contributed by atoms with van der Waals surface area (Å²) in [5, 5.41) is 0. The Bertz CT molecular complexity index is 221. The average Bonchev–Trinajstić information content (AvgIpc) is 2.30. The van der Waals surface area contributed by atoms with Crippen molar-refractivity contribution < 1.29 is 9.53 Å². The molecule has 1 saturated heterocycles. The van der Waals surface area contributed by atoms with Gasteiger partial charge in [0.15, 0.2) is 0 Å². The van der Waals surface area contributed by atoms with E-state index in [1.54, 1.807) is 7.11 Å². The molecule has 0 bridgehead atoms. The van der Waals surface area contributed by atoms with Crippen LogP contribution in [-0.4, -0.2) is 43.7 Å². The molecule has 1 fully saturated rings. The third kappa shape index (κ3) is 3.76. The summed E-state index contributed by atoms with van der Waals surface area (Å²) in [6.07, 6.45) is 3.41. The van der Waals surface area contributed by atoms with Crippen LogP contribution in [0.25, 0.3) is 0 Å². The van der Waals surface area contributed by atoms with Crippen molar-refractivity contribution in [1.82, 2.24) is 4.90 Å². The minimum absolute atomic E-state index is 0.252. The minimum Gasteiger partial charge on any atom is -0.385 e. The van der Waals surface area contributed by atoms with Gasteiger partial charge in [-0.1, -0.05) is 13.3 Å². The number of likely N-dealkylation sites (tertiary alicyclic amines) is 1. The highest BCUT2D eigenvalue weighted by Gasteiger charge is 2.27. The van der Waals surface area contributed by atoms with E-state index in [1.807, 2.05) is 4.90 Å². The van der Waals surface area contributed by atoms with E-state index in [0.29, 0.717) is 18.9 Å². The number of piperidine rings is 1. The smallest absolute Gasteiger partial charge is 0.222 e. The van der Waals surface area contributed by atoms with Gasteiger partial charge < -0.3 is 15.4 Å². The van der Waals surface area contributed by atoms with Crippen molar-refractivity contribution in [2.45, 2.75) is 38.6 Å². The number of hydrogen-bond donors (Lipinski definition) is 1. The number of ether oxygens (including phenoxy) is 1. The molecule has 2 atom stereocenters. The van der Waals surface area contributed by atoms with Crippen molar-refractivity contribution in [2.75, 3.05) is 26.8 Å². The first-order chi connectivity index (χ1) is 7.69. The predicted molar refractivity (Wildman–Crippen MR) is 64.1 cm³/mol. The lowest BCUT2D eigenvalue weighted by Crippen LogP contribution is -2.49. The van der Waals surface area contributed by atoms with Gasteiger partial charge in [-0.15, -0.1) is 0 Å². The molecule has 0 aromatic carbocycles. The Hall–Kier alpha value is -0.610. The topological polar surface area (TPSA) is 55.6 Å². The highest BCUT2D eigenvalue weighted by atomic mass is 16.5. The Kier molecular flexibility index (Phi) is 5.77. The monoisotopic (exact) mass is 228 g/mol. The molecule has 0 radical (unpaired) electrons. The predicted octanol–water partition coefficient (Wildman–Crippen LogP) is 0.999. The fourth-order valence-electron chi connectivity index (χ4n) is 2.23. The van der Waals surface area contributed by atoms with E-state index < -0.39 is 0 Å². The lowest BCUT2D eigenvalue weighted by Gasteiger charge is -2.36. The molecule has 2 unspecified atom stereocenters. The van der Waals surface area contributed by atoms with Crippen LogP contribution in [0.3, 0.4) is 0 Å². The third-order valence-corrected chi connectivity index (χ3v) is 3.41. The lowest BCUT2D eigenvalue weighted by atomic mass is 9.90. The molecular weight excluding hydrogens is 204 g/mol. The van der Waals surface area contributed by atoms with Crippen molar-refractivity contribution in [3.63, 3.8) is 0 Å². The van der Waals surface area contributed by atoms with E-state index >= 15 is 0 Å². The molecule has 1 heterocycles. The molecule has 4 nitrogen and oxygen atoms in total. The second-order valence-electron chi connectivity index (χ2n) is 4.56. The number of amides is 1. The fourth-order valence-corrected chi connectivity index (χ4v) is 2.23. The van der Waals surface area contributed by atoms with E-state index in [0.717, 1.165) is 32.4 Å². The summed E-state index contributed by atoms with van der Waals surface area (Å²) in [6, 6.07) is 0.271. The third-order valence-electron chi connectivity index (χ3n) is 3.41. The number of hydrogen-bond acceptors (Lipinski definition) is 3. The molecule has 1 aliphatic rings. The fraction of sp³-hybridized carbons (Fsp3) is 0.917. The highest BCUT2D eigenvalue weighted by Crippen LogP contribution is 2.19. The molecule has 0 saturated carbocycles. The SMILES string of the molecule is CCC1CN(C(=O)CCCOC)CCC1N. The first-order valence-electron chi connectivity index (χ1n) is 6.21. The maximum absolute atomic E-state index is 11.9. The second-order valence-corrected chi connectivity index (χ2v) is 4.56. The molecule has 1 amide bonds. The maximum Gasteiger partial charge on any atom is 0.222 e. The van der Waals surface area contributed by atoms with E-state index in [4.69, 9.17) is 10.5 Å². The van der Waals surface area contributed by atoms with Gasteiger partial charge in [-0.2, -0.15) is 0 Å². The first kappa shape index (κ1) is 13.5. The summed E-state index contributed by atoms with van der Waals surface area (Å²) in [6.45, 7) is 4.46. The van der Waals surface area contributed by atoms with Crippen LogP contribution in [0.5, 0.6) is 0 Å². The standard InChI is InChI=1S/C12H24N2O2/c1-3-10-9-14(7-6-11(10)13)12(15)5-4-8-16-2/h10-11H,3-9,13H2,1-2H3. The van der Waals surface area contributed by atoms with Crippen LogP contribution >= 0.6 is 0 Å². The Morgan fingerprint density at radius 3 is 2.94 bits per heavy atom. The quantitative estimate of drug-likeness (QED) is 0.714. The molecule has 4 heteroatoms. The zero-order valence-corrected chi connectivity index (χ0v) is 10.4. The summed E-state index contributed by atoms with van der Waals surface area (Å²) in [7, 11) is 1.66. The Labute approximate surface area is 98.1 Å². The van der Waals surface area contributed by atoms with Crippen LogP contribution < -0.4 is 5.73 Å². The van der Waals surface area contributed by atoms with Crippen molar-refractivity contribution in [2.24, 2.45) is 11.7 Å². The van der Waals surface area contributed by atoms with Crippen molar-refractivity contribution in [3.8, 4) is 0 Å². The van der Waals surface area contributed by atoms with Gasteiger partial charge in [0, 0.05) is 39.3 Å². The van der Waals surface area contributed by atoms with Crippen LogP contribution in [0.1, 0.15) is 32.6 Å². The van der Waals surface area contributed by atoms with Crippen LogP contribution in [-0.2, 0) is 9.53 Å². The molecule has 1 rings (SSSR count). The van der Waals surface area contributed by atoms with Gasteiger partial charge in [0.25, 0.3) is 0 Å². The van der Waals surface area contributed by atoms with Gasteiger partial charge in [-0.25, -0.2) is 0 Å². The Morgan fingerprint density at radius 1 is 1.56 bits per heavy atom. The molecule has 94 valence electrons. The van der Waals surface area contributed by atoms with Crippen LogP contribution in [0, 0.1) is 5.92 Å². The van der Waals surface area contributed by atoms with Crippen LogP contribution in [0.15, 0.2) is 0 Å². The van der Waals surface area contributed by atoms with Crippen molar-refractivity contribution in [3.05, 3.63) is 0 Å². The lowest BCUT2D eigenvalue weighted by molar-refractivity contribution is -0.133. The summed E-state index contributed by atoms with van der Waals surface area (Å²) in [5.74, 6) is 0.725. The molecule has 0 aliphatic carbocycles. The number of nitrogens with two attached hydrogens (primary N) is 1. The molecule has 16 heavy (non-hydrogen) atoms. The zero-order valence-electron chi connectivity index (χ0n) is 10.4. The van der Waals surface area contributed by atoms with E-state index in [-0.39, 0.29) is 11.9 Å². The summed E-state index contributed by atoms with van der Waals surface area (Å²) < 4.78 is 4.95. The van der Waals surface area contributed by atoms with Gasteiger partial charge in [-0.05, 0) is 18.8 Å². The second kappa shape index (κ2) is 6.86. The normalized spacial score (nSPS) is 25.8. The molecule has 0 aromatic rings. The first-order valence-corrected chi connectivity index (χ1v) is 6.21.